The fourth-order valence-electron chi connectivity index (χ4n) is 1.81. The maximum atomic E-state index is 8.88. The highest BCUT2D eigenvalue weighted by Gasteiger charge is 2.13. The van der Waals surface area contributed by atoms with Gasteiger partial charge in [-0.25, -0.2) is 0 Å². The summed E-state index contributed by atoms with van der Waals surface area (Å²) >= 11 is 3.40. The van der Waals surface area contributed by atoms with Crippen LogP contribution in [0.1, 0.15) is 11.1 Å². The van der Waals surface area contributed by atoms with Gasteiger partial charge in [0.05, 0.1) is 14.2 Å². The van der Waals surface area contributed by atoms with Crippen LogP contribution in [-0.4, -0.2) is 31.4 Å². The predicted octanol–water partition coefficient (Wildman–Crippen LogP) is 2.45. The molecule has 6 heteroatoms. The molecule has 0 heterocycles. The molecular formula is C16H20BBrO4. The molecule has 0 atom stereocenters. The van der Waals surface area contributed by atoms with Gasteiger partial charge in [0.15, 0.2) is 0 Å². The third kappa shape index (κ3) is 5.37. The molecule has 4 nitrogen and oxygen atoms in total. The average molecular weight is 367 g/mol. The number of hydrogen-bond donors (Lipinski definition) is 2. The molecule has 2 N–H and O–H groups in total. The van der Waals surface area contributed by atoms with E-state index in [1.54, 1.807) is 39.3 Å². The molecule has 0 saturated carbocycles. The number of benzene rings is 2. The van der Waals surface area contributed by atoms with Crippen LogP contribution in [0.25, 0.3) is 0 Å². The molecule has 0 unspecified atom stereocenters. The van der Waals surface area contributed by atoms with Gasteiger partial charge in [0.2, 0.25) is 0 Å². The maximum absolute atomic E-state index is 8.88. The number of aryl methyl sites for hydroxylation is 2. The second-order valence-corrected chi connectivity index (χ2v) is 5.57. The van der Waals surface area contributed by atoms with Crippen LogP contribution in [0, 0.1) is 13.8 Å². The lowest BCUT2D eigenvalue weighted by Crippen LogP contribution is -2.31. The molecule has 22 heavy (non-hydrogen) atoms. The molecule has 118 valence electrons. The van der Waals surface area contributed by atoms with Gasteiger partial charge in [-0.1, -0.05) is 22.0 Å². The van der Waals surface area contributed by atoms with Crippen LogP contribution in [0.4, 0.5) is 0 Å². The summed E-state index contributed by atoms with van der Waals surface area (Å²) in [5.41, 5.74) is 2.51. The van der Waals surface area contributed by atoms with Crippen LogP contribution < -0.4 is 14.9 Å². The highest BCUT2D eigenvalue weighted by Crippen LogP contribution is 2.20. The zero-order valence-electron chi connectivity index (χ0n) is 13.1. The van der Waals surface area contributed by atoms with E-state index < -0.39 is 7.12 Å². The first kappa shape index (κ1) is 18.6. The molecule has 2 aromatic rings. The van der Waals surface area contributed by atoms with Crippen molar-refractivity contribution in [2.45, 2.75) is 13.8 Å². The minimum Gasteiger partial charge on any atom is -0.497 e. The van der Waals surface area contributed by atoms with E-state index in [9.17, 15) is 0 Å². The van der Waals surface area contributed by atoms with E-state index in [0.717, 1.165) is 21.5 Å². The van der Waals surface area contributed by atoms with E-state index in [-0.39, 0.29) is 0 Å². The zero-order valence-corrected chi connectivity index (χ0v) is 14.7. The van der Waals surface area contributed by atoms with Gasteiger partial charge >= 0.3 is 7.12 Å². The molecule has 0 radical (unpaired) electrons. The van der Waals surface area contributed by atoms with Crippen LogP contribution in [0.5, 0.6) is 11.5 Å². The van der Waals surface area contributed by atoms with Crippen molar-refractivity contribution in [3.63, 3.8) is 0 Å². The molecule has 0 spiro atoms. The zero-order chi connectivity index (χ0) is 16.7. The third-order valence-corrected chi connectivity index (χ3v) is 4.01. The minimum atomic E-state index is -1.41. The van der Waals surface area contributed by atoms with E-state index in [1.165, 1.54) is 5.56 Å². The van der Waals surface area contributed by atoms with E-state index in [4.69, 9.17) is 19.5 Å². The van der Waals surface area contributed by atoms with Crippen molar-refractivity contribution in [2.24, 2.45) is 0 Å². The lowest BCUT2D eigenvalue weighted by atomic mass is 9.77. The Morgan fingerprint density at radius 2 is 1.36 bits per heavy atom. The van der Waals surface area contributed by atoms with Gasteiger partial charge in [-0.3, -0.25) is 0 Å². The van der Waals surface area contributed by atoms with E-state index in [0.29, 0.717) is 5.46 Å². The molecule has 0 aliphatic rings. The van der Waals surface area contributed by atoms with Crippen molar-refractivity contribution in [2.75, 3.05) is 14.2 Å². The number of hydrogen-bond acceptors (Lipinski definition) is 4. The first-order valence-corrected chi connectivity index (χ1v) is 7.49. The molecule has 2 rings (SSSR count). The number of halogens is 1. The van der Waals surface area contributed by atoms with Crippen LogP contribution in [0.3, 0.4) is 0 Å². The predicted molar refractivity (Wildman–Crippen MR) is 93.0 cm³/mol. The fraction of sp³-hybridized carbons (Fsp3) is 0.250. The normalized spacial score (nSPS) is 9.59. The summed E-state index contributed by atoms with van der Waals surface area (Å²) in [5, 5.41) is 17.8. The van der Waals surface area contributed by atoms with Gasteiger partial charge in [-0.05, 0) is 60.8 Å². The molecule has 0 aliphatic heterocycles. The molecule has 2 aromatic carbocycles. The average Bonchev–Trinajstić information content (AvgIpc) is 2.50. The summed E-state index contributed by atoms with van der Waals surface area (Å²) < 4.78 is 11.1. The Balaban J connectivity index is 0.000000224. The van der Waals surface area contributed by atoms with Crippen LogP contribution in [0.2, 0.25) is 0 Å². The Morgan fingerprint density at radius 1 is 0.864 bits per heavy atom. The Kier molecular flexibility index (Phi) is 7.45. The number of methoxy groups -OCH3 is 2. The topological polar surface area (TPSA) is 58.9 Å². The summed E-state index contributed by atoms with van der Waals surface area (Å²) in [6.07, 6.45) is 0. The largest absolute Gasteiger partial charge is 0.497 e. The van der Waals surface area contributed by atoms with Crippen molar-refractivity contribution in [1.82, 2.24) is 0 Å². The maximum Gasteiger partial charge on any atom is 0.488 e. The standard InChI is InChI=1S/C8H11BO3.C8H9BrO/c1-6-5-7(12-2)3-4-8(6)9(10)11;1-6-5-7(10-2)3-4-8(6)9/h3-5,10-11H,1-2H3;3-5H,1-2H3. The number of ether oxygens (including phenoxy) is 2. The molecule has 0 aliphatic carbocycles. The van der Waals surface area contributed by atoms with Gasteiger partial charge in [0.1, 0.15) is 11.5 Å². The quantitative estimate of drug-likeness (QED) is 0.819. The number of rotatable bonds is 3. The molecule has 0 amide bonds. The molecule has 0 bridgehead atoms. The summed E-state index contributed by atoms with van der Waals surface area (Å²) in [5.74, 6) is 1.62. The summed E-state index contributed by atoms with van der Waals surface area (Å²) in [6, 6.07) is 11.0. The van der Waals surface area contributed by atoms with Crippen LogP contribution >= 0.6 is 15.9 Å². The second kappa shape index (κ2) is 8.83. The molecule has 0 fully saturated rings. The lowest BCUT2D eigenvalue weighted by molar-refractivity contribution is 0.413. The van der Waals surface area contributed by atoms with E-state index >= 15 is 0 Å². The van der Waals surface area contributed by atoms with Crippen molar-refractivity contribution in [3.05, 3.63) is 52.0 Å². The van der Waals surface area contributed by atoms with Crippen LogP contribution in [0.15, 0.2) is 40.9 Å². The smallest absolute Gasteiger partial charge is 0.488 e. The van der Waals surface area contributed by atoms with Gasteiger partial charge < -0.3 is 19.5 Å². The van der Waals surface area contributed by atoms with Gasteiger partial charge in [0.25, 0.3) is 0 Å². The molecule has 0 aromatic heterocycles. The van der Waals surface area contributed by atoms with Gasteiger partial charge in [-0.2, -0.15) is 0 Å². The summed E-state index contributed by atoms with van der Waals surface area (Å²) in [6.45, 7) is 3.84. The Morgan fingerprint density at radius 3 is 1.77 bits per heavy atom. The lowest BCUT2D eigenvalue weighted by Gasteiger charge is -2.06. The Labute approximate surface area is 140 Å². The fourth-order valence-corrected chi connectivity index (χ4v) is 2.06. The molecular weight excluding hydrogens is 347 g/mol. The summed E-state index contributed by atoms with van der Waals surface area (Å²) in [4.78, 5) is 0. The van der Waals surface area contributed by atoms with Crippen molar-refractivity contribution in [1.29, 1.82) is 0 Å². The van der Waals surface area contributed by atoms with Crippen molar-refractivity contribution in [3.8, 4) is 11.5 Å². The third-order valence-electron chi connectivity index (χ3n) is 3.12. The SMILES string of the molecule is COc1ccc(B(O)O)c(C)c1.COc1ccc(Br)c(C)c1. The van der Waals surface area contributed by atoms with Crippen molar-refractivity contribution >= 4 is 28.5 Å². The second-order valence-electron chi connectivity index (χ2n) is 4.71. The first-order valence-electron chi connectivity index (χ1n) is 6.69. The Bertz CT molecular complexity index is 617. The van der Waals surface area contributed by atoms with E-state index in [2.05, 4.69) is 15.9 Å². The van der Waals surface area contributed by atoms with Crippen molar-refractivity contribution < 1.29 is 19.5 Å². The highest BCUT2D eigenvalue weighted by atomic mass is 79.9. The van der Waals surface area contributed by atoms with Gasteiger partial charge in [-0.15, -0.1) is 0 Å². The monoisotopic (exact) mass is 366 g/mol. The highest BCUT2D eigenvalue weighted by molar-refractivity contribution is 9.10. The summed E-state index contributed by atoms with van der Waals surface area (Å²) in [7, 11) is 1.84. The van der Waals surface area contributed by atoms with Gasteiger partial charge in [0, 0.05) is 4.47 Å². The van der Waals surface area contributed by atoms with E-state index in [1.807, 2.05) is 25.1 Å². The first-order chi connectivity index (χ1) is 10.4. The minimum absolute atomic E-state index is 0.510. The molecule has 0 saturated heterocycles. The Hall–Kier alpha value is -1.50. The van der Waals surface area contributed by atoms with Crippen LogP contribution in [-0.2, 0) is 0 Å².